The number of hydrogen-bond acceptors (Lipinski definition) is 5. The van der Waals surface area contributed by atoms with E-state index in [4.69, 9.17) is 9.47 Å². The Morgan fingerprint density at radius 3 is 2.38 bits per heavy atom. The van der Waals surface area contributed by atoms with Crippen LogP contribution in [0.1, 0.15) is 85.7 Å². The van der Waals surface area contributed by atoms with Gasteiger partial charge in [-0.15, -0.1) is 0 Å². The van der Waals surface area contributed by atoms with Crippen molar-refractivity contribution in [3.8, 4) is 11.5 Å². The molecule has 1 aromatic heterocycles. The summed E-state index contributed by atoms with van der Waals surface area (Å²) in [6.45, 7) is 10.3. The highest BCUT2D eigenvalue weighted by Crippen LogP contribution is 2.32. The fourth-order valence-corrected chi connectivity index (χ4v) is 5.15. The number of H-pyrrole nitrogens is 1. The van der Waals surface area contributed by atoms with E-state index in [2.05, 4.69) is 29.1 Å². The molecule has 1 saturated carbocycles. The van der Waals surface area contributed by atoms with E-state index < -0.39 is 0 Å². The average Bonchev–Trinajstić information content (AvgIpc) is 3.47. The molecule has 2 N–H and O–H groups in total. The maximum atomic E-state index is 12.3. The molecule has 39 heavy (non-hydrogen) atoms. The predicted octanol–water partition coefficient (Wildman–Crippen LogP) is 7.22. The number of Topliss-reactive ketones (excluding diaryl/α,β-unsaturated/α-hetero) is 1. The number of aryl methyl sites for hydroxylation is 2. The number of methoxy groups -OCH3 is 1. The van der Waals surface area contributed by atoms with Gasteiger partial charge < -0.3 is 19.8 Å². The summed E-state index contributed by atoms with van der Waals surface area (Å²) in [5.41, 5.74) is 4.84. The van der Waals surface area contributed by atoms with Gasteiger partial charge in [-0.1, -0.05) is 26.3 Å². The van der Waals surface area contributed by atoms with Crippen molar-refractivity contribution in [3.63, 3.8) is 0 Å². The smallest absolute Gasteiger partial charge is 0.227 e. The molecule has 0 atom stereocenters. The summed E-state index contributed by atoms with van der Waals surface area (Å²) in [7, 11) is 1.65. The summed E-state index contributed by atoms with van der Waals surface area (Å²) in [6.07, 6.45) is 9.94. The van der Waals surface area contributed by atoms with Crippen molar-refractivity contribution in [3.05, 3.63) is 70.8 Å². The second-order valence-electron chi connectivity index (χ2n) is 10.3. The maximum absolute atomic E-state index is 12.3. The Labute approximate surface area is 232 Å². The zero-order valence-electron chi connectivity index (χ0n) is 24.2. The quantitative estimate of drug-likeness (QED) is 0.283. The minimum absolute atomic E-state index is 0.0726. The van der Waals surface area contributed by atoms with Crippen LogP contribution in [0.4, 0.5) is 5.69 Å². The number of ether oxygens (including phenoxy) is 2. The summed E-state index contributed by atoms with van der Waals surface area (Å²) in [4.78, 5) is 31.1. The lowest BCUT2D eigenvalue weighted by molar-refractivity contribution is -0.121. The zero-order valence-corrected chi connectivity index (χ0v) is 24.2. The van der Waals surface area contributed by atoms with Gasteiger partial charge in [0.15, 0.2) is 5.78 Å². The third kappa shape index (κ3) is 8.44. The van der Waals surface area contributed by atoms with E-state index in [0.717, 1.165) is 64.7 Å². The summed E-state index contributed by atoms with van der Waals surface area (Å²) in [5, 5.41) is 3.03. The van der Waals surface area contributed by atoms with Crippen LogP contribution in [-0.4, -0.2) is 28.8 Å². The summed E-state index contributed by atoms with van der Waals surface area (Å²) >= 11 is 0. The van der Waals surface area contributed by atoms with E-state index in [0.29, 0.717) is 12.4 Å². The number of benzene rings is 2. The molecule has 2 aromatic carbocycles. The lowest BCUT2D eigenvalue weighted by atomic mass is 9.80. The van der Waals surface area contributed by atoms with E-state index in [1.54, 1.807) is 26.4 Å². The van der Waals surface area contributed by atoms with Gasteiger partial charge in [0.1, 0.15) is 23.9 Å². The molecule has 0 aliphatic heterocycles. The van der Waals surface area contributed by atoms with Gasteiger partial charge in [-0.25, -0.2) is 4.98 Å². The van der Waals surface area contributed by atoms with Crippen LogP contribution >= 0.6 is 0 Å². The number of carbonyl (C=O) groups excluding carboxylic acids is 2. The number of nitrogens with one attached hydrogen (secondary N) is 2. The summed E-state index contributed by atoms with van der Waals surface area (Å²) < 4.78 is 11.0. The Hall–Kier alpha value is -3.61. The molecule has 7 heteroatoms. The van der Waals surface area contributed by atoms with Crippen LogP contribution in [-0.2, 0) is 17.8 Å². The van der Waals surface area contributed by atoms with Gasteiger partial charge in [0, 0.05) is 35.6 Å². The highest BCUT2D eigenvalue weighted by molar-refractivity contribution is 5.96. The molecule has 1 fully saturated rings. The number of hydrogen-bond donors (Lipinski definition) is 2. The predicted molar refractivity (Wildman–Crippen MR) is 156 cm³/mol. The number of carbonyl (C=O) groups is 2. The van der Waals surface area contributed by atoms with Crippen LogP contribution in [0.25, 0.3) is 0 Å². The molecule has 0 spiro atoms. The molecule has 7 nitrogen and oxygen atoms in total. The monoisotopic (exact) mass is 533 g/mol. The van der Waals surface area contributed by atoms with Crippen LogP contribution in [0.3, 0.4) is 0 Å². The normalized spacial score (nSPS) is 16.6. The van der Waals surface area contributed by atoms with Gasteiger partial charge in [-0.05, 0) is 93.7 Å². The molecule has 4 rings (SSSR count). The van der Waals surface area contributed by atoms with Crippen molar-refractivity contribution >= 4 is 17.4 Å². The molecule has 0 unspecified atom stereocenters. The number of ketones is 1. The fourth-order valence-electron chi connectivity index (χ4n) is 5.15. The topological polar surface area (TPSA) is 93.3 Å². The largest absolute Gasteiger partial charge is 0.496 e. The Bertz CT molecular complexity index is 1230. The second kappa shape index (κ2) is 14.5. The lowest BCUT2D eigenvalue weighted by Crippen LogP contribution is -2.27. The average molecular weight is 534 g/mol. The molecule has 0 saturated heterocycles. The van der Waals surface area contributed by atoms with Gasteiger partial charge in [0.05, 0.1) is 7.11 Å². The lowest BCUT2D eigenvalue weighted by Gasteiger charge is -2.27. The first-order chi connectivity index (χ1) is 18.7. The summed E-state index contributed by atoms with van der Waals surface area (Å²) in [6, 6.07) is 9.59. The van der Waals surface area contributed by atoms with E-state index >= 15 is 0 Å². The fraction of sp³-hybridized carbons (Fsp3) is 0.469. The minimum atomic E-state index is 0.0726. The number of aromatic amines is 1. The number of anilines is 1. The van der Waals surface area contributed by atoms with Crippen molar-refractivity contribution in [2.75, 3.05) is 12.4 Å². The molecule has 1 amide bonds. The van der Waals surface area contributed by atoms with Crippen LogP contribution in [0.5, 0.6) is 11.5 Å². The van der Waals surface area contributed by atoms with E-state index in [1.807, 2.05) is 44.2 Å². The SMILES string of the molecule is CCC1CCC(C(=O)Nc2ccc(C)c(OC)c2)CC1.CCc1c(C)cc(OCc2ncc[nH]2)cc1C(C)=O. The third-order valence-electron chi connectivity index (χ3n) is 7.58. The van der Waals surface area contributed by atoms with Crippen LogP contribution in [0.15, 0.2) is 42.7 Å². The number of nitrogens with zero attached hydrogens (tertiary/aromatic N) is 1. The van der Waals surface area contributed by atoms with Crippen LogP contribution in [0, 0.1) is 25.7 Å². The van der Waals surface area contributed by atoms with E-state index in [1.165, 1.54) is 19.3 Å². The van der Waals surface area contributed by atoms with Crippen molar-refractivity contribution in [1.82, 2.24) is 9.97 Å². The van der Waals surface area contributed by atoms with Gasteiger partial charge in [0.25, 0.3) is 0 Å². The molecule has 3 aromatic rings. The van der Waals surface area contributed by atoms with Crippen molar-refractivity contribution in [1.29, 1.82) is 0 Å². The second-order valence-corrected chi connectivity index (χ2v) is 10.3. The Morgan fingerprint density at radius 1 is 1.05 bits per heavy atom. The number of rotatable bonds is 9. The van der Waals surface area contributed by atoms with E-state index in [9.17, 15) is 9.59 Å². The number of imidazole rings is 1. The van der Waals surface area contributed by atoms with Gasteiger partial charge in [-0.3, -0.25) is 9.59 Å². The highest BCUT2D eigenvalue weighted by Gasteiger charge is 2.25. The minimum Gasteiger partial charge on any atom is -0.496 e. The third-order valence-corrected chi connectivity index (χ3v) is 7.58. The van der Waals surface area contributed by atoms with Gasteiger partial charge >= 0.3 is 0 Å². The van der Waals surface area contributed by atoms with Crippen molar-refractivity contribution < 1.29 is 19.1 Å². The molecular weight excluding hydrogens is 490 g/mol. The number of amides is 1. The van der Waals surface area contributed by atoms with Gasteiger partial charge in [0.2, 0.25) is 5.91 Å². The van der Waals surface area contributed by atoms with E-state index in [-0.39, 0.29) is 17.6 Å². The Kier molecular flexibility index (Phi) is 11.1. The zero-order chi connectivity index (χ0) is 28.4. The first-order valence-electron chi connectivity index (χ1n) is 14.0. The highest BCUT2D eigenvalue weighted by atomic mass is 16.5. The molecule has 0 radical (unpaired) electrons. The van der Waals surface area contributed by atoms with Crippen molar-refractivity contribution in [2.45, 2.75) is 79.8 Å². The van der Waals surface area contributed by atoms with Gasteiger partial charge in [-0.2, -0.15) is 0 Å². The first kappa shape index (κ1) is 29.9. The first-order valence-corrected chi connectivity index (χ1v) is 14.0. The van der Waals surface area contributed by atoms with Crippen molar-refractivity contribution in [2.24, 2.45) is 11.8 Å². The van der Waals surface area contributed by atoms with Crippen LogP contribution < -0.4 is 14.8 Å². The molecule has 0 bridgehead atoms. The van der Waals surface area contributed by atoms with Crippen LogP contribution in [0.2, 0.25) is 0 Å². The Morgan fingerprint density at radius 2 is 1.79 bits per heavy atom. The maximum Gasteiger partial charge on any atom is 0.227 e. The summed E-state index contributed by atoms with van der Waals surface area (Å²) in [5.74, 6) is 3.51. The molecule has 1 heterocycles. The molecular formula is C32H43N3O4. The molecule has 1 aliphatic rings. The molecule has 210 valence electrons. The standard InChI is InChI=1S/C17H25NO2.C15H18N2O2/c1-4-13-6-8-14(9-7-13)17(19)18-15-10-5-12(2)16(11-15)20-3;1-4-13-10(2)7-12(8-14(13)11(3)18)19-9-15-16-5-6-17-15/h5,10-11,13-14H,4,6-9H2,1-3H3,(H,18,19);5-8H,4,9H2,1-3H3,(H,16,17). The Balaban J connectivity index is 0.000000216. The molecule has 1 aliphatic carbocycles. The number of aromatic nitrogens is 2.